The lowest BCUT2D eigenvalue weighted by Crippen LogP contribution is -2.16. The van der Waals surface area contributed by atoms with Gasteiger partial charge < -0.3 is 14.2 Å². The molecule has 1 unspecified atom stereocenters. The van der Waals surface area contributed by atoms with Crippen LogP contribution in [0, 0.1) is 0 Å². The maximum atomic E-state index is 11.2. The van der Waals surface area contributed by atoms with Crippen LogP contribution in [0.5, 0.6) is 0 Å². The molecule has 16 heavy (non-hydrogen) atoms. The van der Waals surface area contributed by atoms with E-state index in [4.69, 9.17) is 14.2 Å². The van der Waals surface area contributed by atoms with Crippen molar-refractivity contribution >= 4 is 6.16 Å². The van der Waals surface area contributed by atoms with E-state index in [1.165, 1.54) is 0 Å². The van der Waals surface area contributed by atoms with Crippen LogP contribution in [-0.4, -0.2) is 26.5 Å². The molecule has 1 atom stereocenters. The Kier molecular flexibility index (Phi) is 5.36. The molecule has 0 amide bonds. The van der Waals surface area contributed by atoms with Crippen molar-refractivity contribution in [3.8, 4) is 0 Å². The Balaban J connectivity index is 2.64. The van der Waals surface area contributed by atoms with Crippen molar-refractivity contribution in [2.45, 2.75) is 13.0 Å². The van der Waals surface area contributed by atoms with E-state index in [2.05, 4.69) is 0 Å². The van der Waals surface area contributed by atoms with Crippen molar-refractivity contribution in [2.75, 3.05) is 20.3 Å². The molecule has 0 aliphatic carbocycles. The lowest BCUT2D eigenvalue weighted by Gasteiger charge is -2.16. The molecule has 0 bridgehead atoms. The van der Waals surface area contributed by atoms with Crippen molar-refractivity contribution < 1.29 is 19.0 Å². The third kappa shape index (κ3) is 3.90. The summed E-state index contributed by atoms with van der Waals surface area (Å²) in [4.78, 5) is 11.2. The van der Waals surface area contributed by atoms with Gasteiger partial charge in [-0.15, -0.1) is 0 Å². The van der Waals surface area contributed by atoms with Crippen LogP contribution in [0.15, 0.2) is 30.3 Å². The highest BCUT2D eigenvalue weighted by molar-refractivity contribution is 5.60. The normalized spacial score (nSPS) is 11.9. The third-order valence-corrected chi connectivity index (χ3v) is 1.99. The fourth-order valence-corrected chi connectivity index (χ4v) is 1.29. The fraction of sp³-hybridized carbons (Fsp3) is 0.417. The molecule has 0 spiro atoms. The molecule has 0 N–H and O–H groups in total. The average molecular weight is 224 g/mol. The molecule has 88 valence electrons. The Morgan fingerprint density at radius 1 is 1.31 bits per heavy atom. The average Bonchev–Trinajstić information content (AvgIpc) is 2.30. The van der Waals surface area contributed by atoms with Gasteiger partial charge in [-0.3, -0.25) is 0 Å². The van der Waals surface area contributed by atoms with Crippen LogP contribution in [0.1, 0.15) is 18.6 Å². The van der Waals surface area contributed by atoms with E-state index in [0.29, 0.717) is 13.2 Å². The largest absolute Gasteiger partial charge is 0.508 e. The summed E-state index contributed by atoms with van der Waals surface area (Å²) >= 11 is 0. The van der Waals surface area contributed by atoms with Gasteiger partial charge in [0.15, 0.2) is 6.10 Å². The number of carbonyl (C=O) groups is 1. The summed E-state index contributed by atoms with van der Waals surface area (Å²) < 4.78 is 14.9. The zero-order valence-corrected chi connectivity index (χ0v) is 9.51. The fourth-order valence-electron chi connectivity index (χ4n) is 1.29. The highest BCUT2D eigenvalue weighted by atomic mass is 16.7. The quantitative estimate of drug-likeness (QED) is 0.721. The minimum Gasteiger partial charge on any atom is -0.435 e. The van der Waals surface area contributed by atoms with E-state index in [0.717, 1.165) is 5.56 Å². The minimum atomic E-state index is -0.673. The van der Waals surface area contributed by atoms with Gasteiger partial charge in [-0.05, 0) is 12.5 Å². The van der Waals surface area contributed by atoms with Gasteiger partial charge in [-0.1, -0.05) is 30.3 Å². The van der Waals surface area contributed by atoms with Gasteiger partial charge in [0.05, 0.1) is 13.2 Å². The first-order valence-electron chi connectivity index (χ1n) is 5.15. The van der Waals surface area contributed by atoms with Crippen molar-refractivity contribution in [3.63, 3.8) is 0 Å². The Hall–Kier alpha value is -1.55. The SMILES string of the molecule is CCOC(=O)OC(COC)c1ccccc1. The van der Waals surface area contributed by atoms with E-state index in [9.17, 15) is 4.79 Å². The molecule has 1 aromatic rings. The predicted molar refractivity (Wildman–Crippen MR) is 59.2 cm³/mol. The number of carbonyl (C=O) groups excluding carboxylic acids is 1. The Morgan fingerprint density at radius 2 is 2.00 bits per heavy atom. The zero-order valence-electron chi connectivity index (χ0n) is 9.51. The monoisotopic (exact) mass is 224 g/mol. The lowest BCUT2D eigenvalue weighted by molar-refractivity contribution is -0.00534. The highest BCUT2D eigenvalue weighted by Gasteiger charge is 2.16. The van der Waals surface area contributed by atoms with Crippen LogP contribution in [0.2, 0.25) is 0 Å². The number of methoxy groups -OCH3 is 1. The first-order chi connectivity index (χ1) is 7.77. The minimum absolute atomic E-state index is 0.299. The molecule has 0 aromatic heterocycles. The summed E-state index contributed by atoms with van der Waals surface area (Å²) in [6.45, 7) is 2.34. The standard InChI is InChI=1S/C12H16O4/c1-3-15-12(13)16-11(9-14-2)10-7-5-4-6-8-10/h4-8,11H,3,9H2,1-2H3. The number of benzene rings is 1. The maximum Gasteiger partial charge on any atom is 0.508 e. The molecule has 1 rings (SSSR count). The van der Waals surface area contributed by atoms with Gasteiger partial charge in [0, 0.05) is 7.11 Å². The molecular formula is C12H16O4. The summed E-state index contributed by atoms with van der Waals surface area (Å²) in [6.07, 6.45) is -1.10. The van der Waals surface area contributed by atoms with E-state index in [1.54, 1.807) is 14.0 Å². The van der Waals surface area contributed by atoms with E-state index in [1.807, 2.05) is 30.3 Å². The Bertz CT molecular complexity index is 310. The van der Waals surface area contributed by atoms with Crippen molar-refractivity contribution in [3.05, 3.63) is 35.9 Å². The van der Waals surface area contributed by atoms with Crippen LogP contribution < -0.4 is 0 Å². The van der Waals surface area contributed by atoms with Gasteiger partial charge >= 0.3 is 6.16 Å². The summed E-state index contributed by atoms with van der Waals surface area (Å²) in [7, 11) is 1.56. The molecule has 4 heteroatoms. The van der Waals surface area contributed by atoms with Crippen molar-refractivity contribution in [1.29, 1.82) is 0 Å². The number of hydrogen-bond acceptors (Lipinski definition) is 4. The highest BCUT2D eigenvalue weighted by Crippen LogP contribution is 2.17. The van der Waals surface area contributed by atoms with E-state index in [-0.39, 0.29) is 0 Å². The van der Waals surface area contributed by atoms with E-state index < -0.39 is 12.3 Å². The molecule has 0 aliphatic heterocycles. The topological polar surface area (TPSA) is 44.8 Å². The first kappa shape index (κ1) is 12.5. The molecule has 0 heterocycles. The molecule has 0 saturated heterocycles. The van der Waals surface area contributed by atoms with Gasteiger partial charge in [0.2, 0.25) is 0 Å². The van der Waals surface area contributed by atoms with Gasteiger partial charge in [0.25, 0.3) is 0 Å². The lowest BCUT2D eigenvalue weighted by atomic mass is 10.1. The van der Waals surface area contributed by atoms with Crippen LogP contribution in [0.4, 0.5) is 4.79 Å². The van der Waals surface area contributed by atoms with E-state index >= 15 is 0 Å². The summed E-state index contributed by atoms with van der Waals surface area (Å²) in [5.74, 6) is 0. The predicted octanol–water partition coefficient (Wildman–Crippen LogP) is 2.55. The van der Waals surface area contributed by atoms with Crippen LogP contribution in [-0.2, 0) is 14.2 Å². The smallest absolute Gasteiger partial charge is 0.435 e. The number of hydrogen-bond donors (Lipinski definition) is 0. The van der Waals surface area contributed by atoms with Crippen molar-refractivity contribution in [1.82, 2.24) is 0 Å². The van der Waals surface area contributed by atoms with Crippen molar-refractivity contribution in [2.24, 2.45) is 0 Å². The Labute approximate surface area is 95.1 Å². The van der Waals surface area contributed by atoms with Crippen LogP contribution >= 0.6 is 0 Å². The second-order valence-electron chi connectivity index (χ2n) is 3.16. The molecule has 0 aliphatic rings. The molecular weight excluding hydrogens is 208 g/mol. The molecule has 1 aromatic carbocycles. The zero-order chi connectivity index (χ0) is 11.8. The Morgan fingerprint density at radius 3 is 2.56 bits per heavy atom. The maximum absolute atomic E-state index is 11.2. The van der Waals surface area contributed by atoms with Crippen LogP contribution in [0.25, 0.3) is 0 Å². The first-order valence-corrected chi connectivity index (χ1v) is 5.15. The van der Waals surface area contributed by atoms with Gasteiger partial charge in [-0.25, -0.2) is 4.79 Å². The summed E-state index contributed by atoms with van der Waals surface area (Å²) in [5.41, 5.74) is 0.886. The van der Waals surface area contributed by atoms with Crippen LogP contribution in [0.3, 0.4) is 0 Å². The second-order valence-corrected chi connectivity index (χ2v) is 3.16. The molecule has 0 radical (unpaired) electrons. The number of ether oxygens (including phenoxy) is 3. The van der Waals surface area contributed by atoms with Gasteiger partial charge in [-0.2, -0.15) is 0 Å². The summed E-state index contributed by atoms with van der Waals surface area (Å²) in [6, 6.07) is 9.42. The third-order valence-electron chi connectivity index (χ3n) is 1.99. The number of rotatable bonds is 5. The molecule has 4 nitrogen and oxygen atoms in total. The van der Waals surface area contributed by atoms with Gasteiger partial charge in [0.1, 0.15) is 0 Å². The molecule has 0 fully saturated rings. The second kappa shape index (κ2) is 6.85. The summed E-state index contributed by atoms with van der Waals surface area (Å²) in [5, 5.41) is 0. The molecule has 0 saturated carbocycles.